The molecule has 0 fully saturated rings. The molecule has 0 spiro atoms. The Morgan fingerprint density at radius 1 is 1.29 bits per heavy atom. The molecule has 1 atom stereocenters. The Bertz CT molecular complexity index is 739. The summed E-state index contributed by atoms with van der Waals surface area (Å²) in [6.07, 6.45) is 0.881. The third-order valence-electron chi connectivity index (χ3n) is 3.38. The van der Waals surface area contributed by atoms with Gasteiger partial charge in [0.15, 0.2) is 0 Å². The van der Waals surface area contributed by atoms with Gasteiger partial charge in [0.1, 0.15) is 5.01 Å². The largest absolute Gasteiger partial charge is 0.311 e. The third-order valence-corrected chi connectivity index (χ3v) is 5.74. The molecule has 1 unspecified atom stereocenters. The number of nitrogens with zero attached hydrogens (tertiary/aromatic N) is 1. The summed E-state index contributed by atoms with van der Waals surface area (Å²) >= 11 is 11.3. The first kappa shape index (κ1) is 15.0. The first-order valence-corrected chi connectivity index (χ1v) is 8.63. The number of aromatic nitrogens is 1. The minimum Gasteiger partial charge on any atom is -0.311 e. The van der Waals surface area contributed by atoms with Gasteiger partial charge < -0.3 is 5.32 Å². The highest BCUT2D eigenvalue weighted by Gasteiger charge is 2.15. The van der Waals surface area contributed by atoms with E-state index in [4.69, 9.17) is 16.6 Å². The van der Waals surface area contributed by atoms with Gasteiger partial charge in [0, 0.05) is 4.47 Å². The van der Waals surface area contributed by atoms with Crippen molar-refractivity contribution in [2.45, 2.75) is 12.5 Å². The Morgan fingerprint density at radius 2 is 2.10 bits per heavy atom. The van der Waals surface area contributed by atoms with Crippen molar-refractivity contribution in [3.8, 4) is 0 Å². The predicted molar refractivity (Wildman–Crippen MR) is 94.3 cm³/mol. The van der Waals surface area contributed by atoms with Gasteiger partial charge in [0.05, 0.1) is 21.3 Å². The van der Waals surface area contributed by atoms with Crippen LogP contribution in [0.15, 0.2) is 46.9 Å². The molecule has 1 aromatic heterocycles. The van der Waals surface area contributed by atoms with E-state index in [-0.39, 0.29) is 6.04 Å². The number of thiazole rings is 1. The molecule has 2 aromatic carbocycles. The fourth-order valence-corrected chi connectivity index (χ4v) is 3.88. The van der Waals surface area contributed by atoms with Crippen LogP contribution in [0.3, 0.4) is 0 Å². The van der Waals surface area contributed by atoms with Crippen molar-refractivity contribution < 1.29 is 0 Å². The normalized spacial score (nSPS) is 12.7. The lowest BCUT2D eigenvalue weighted by Gasteiger charge is -2.13. The fourth-order valence-electron chi connectivity index (χ4n) is 2.25. The molecule has 3 aromatic rings. The lowest BCUT2D eigenvalue weighted by molar-refractivity contribution is 0.589. The van der Waals surface area contributed by atoms with Crippen LogP contribution in [0.4, 0.5) is 0 Å². The molecular formula is C16H14BrClN2S. The molecule has 0 amide bonds. The van der Waals surface area contributed by atoms with Crippen LogP contribution in [-0.4, -0.2) is 12.0 Å². The van der Waals surface area contributed by atoms with Gasteiger partial charge in [0.25, 0.3) is 0 Å². The maximum atomic E-state index is 6.05. The molecule has 3 rings (SSSR count). The van der Waals surface area contributed by atoms with Crippen LogP contribution in [0.1, 0.15) is 16.6 Å². The number of benzene rings is 2. The summed E-state index contributed by atoms with van der Waals surface area (Å²) in [7, 11) is 1.97. The maximum Gasteiger partial charge on any atom is 0.111 e. The number of para-hydroxylation sites is 1. The van der Waals surface area contributed by atoms with E-state index in [1.54, 1.807) is 11.3 Å². The molecule has 1 heterocycles. The van der Waals surface area contributed by atoms with Crippen molar-refractivity contribution in [3.05, 3.63) is 62.5 Å². The highest BCUT2D eigenvalue weighted by molar-refractivity contribution is 9.10. The van der Waals surface area contributed by atoms with Gasteiger partial charge in [0.2, 0.25) is 0 Å². The SMILES string of the molecule is CNC(Cc1ccc(Cl)c(Br)c1)c1nc2ccccc2s1. The van der Waals surface area contributed by atoms with Gasteiger partial charge in [-0.25, -0.2) is 4.98 Å². The fraction of sp³-hybridized carbons (Fsp3) is 0.188. The highest BCUT2D eigenvalue weighted by atomic mass is 79.9. The summed E-state index contributed by atoms with van der Waals surface area (Å²) in [5.74, 6) is 0. The van der Waals surface area contributed by atoms with Crippen LogP contribution in [0, 0.1) is 0 Å². The molecule has 0 aliphatic rings. The molecule has 0 bridgehead atoms. The molecule has 0 aliphatic heterocycles. The Hall–Kier alpha value is -0.940. The predicted octanol–water partition coefficient (Wildman–Crippen LogP) is 5.22. The van der Waals surface area contributed by atoms with Crippen LogP contribution in [-0.2, 0) is 6.42 Å². The van der Waals surface area contributed by atoms with Crippen molar-refractivity contribution >= 4 is 49.1 Å². The summed E-state index contributed by atoms with van der Waals surface area (Å²) < 4.78 is 2.16. The standard InChI is InChI=1S/C16H14BrClN2S/c1-19-14(9-10-6-7-12(18)11(17)8-10)16-20-13-4-2-3-5-15(13)21-16/h2-8,14,19H,9H2,1H3. The molecular weight excluding hydrogens is 368 g/mol. The summed E-state index contributed by atoms with van der Waals surface area (Å²) in [5, 5.41) is 5.21. The summed E-state index contributed by atoms with van der Waals surface area (Å²) in [5.41, 5.74) is 2.29. The Balaban J connectivity index is 1.88. The molecule has 108 valence electrons. The van der Waals surface area contributed by atoms with Crippen molar-refractivity contribution in [3.63, 3.8) is 0 Å². The first-order chi connectivity index (χ1) is 10.2. The third kappa shape index (κ3) is 3.29. The number of hydrogen-bond acceptors (Lipinski definition) is 3. The van der Waals surface area contributed by atoms with Crippen molar-refractivity contribution in [1.29, 1.82) is 0 Å². The van der Waals surface area contributed by atoms with Gasteiger partial charge in [-0.05, 0) is 59.2 Å². The van der Waals surface area contributed by atoms with E-state index >= 15 is 0 Å². The van der Waals surface area contributed by atoms with Crippen molar-refractivity contribution in [1.82, 2.24) is 10.3 Å². The number of fused-ring (bicyclic) bond motifs is 1. The van der Waals surface area contributed by atoms with E-state index in [1.165, 1.54) is 10.3 Å². The number of hydrogen-bond donors (Lipinski definition) is 1. The van der Waals surface area contributed by atoms with Crippen LogP contribution < -0.4 is 5.32 Å². The average Bonchev–Trinajstić information content (AvgIpc) is 2.92. The van der Waals surface area contributed by atoms with E-state index in [1.807, 2.05) is 19.2 Å². The van der Waals surface area contributed by atoms with Crippen LogP contribution >= 0.6 is 38.9 Å². The number of nitrogens with one attached hydrogen (secondary N) is 1. The minimum absolute atomic E-state index is 0.204. The molecule has 1 N–H and O–H groups in total. The van der Waals surface area contributed by atoms with E-state index in [2.05, 4.69) is 51.6 Å². The van der Waals surface area contributed by atoms with E-state index < -0.39 is 0 Å². The Labute approximate surface area is 141 Å². The zero-order valence-electron chi connectivity index (χ0n) is 11.4. The van der Waals surface area contributed by atoms with Crippen molar-refractivity contribution in [2.75, 3.05) is 7.05 Å². The molecule has 2 nitrogen and oxygen atoms in total. The maximum absolute atomic E-state index is 6.05. The lowest BCUT2D eigenvalue weighted by atomic mass is 10.1. The second-order valence-corrected chi connectivity index (χ2v) is 7.14. The zero-order chi connectivity index (χ0) is 14.8. The monoisotopic (exact) mass is 380 g/mol. The topological polar surface area (TPSA) is 24.9 Å². The summed E-state index contributed by atoms with van der Waals surface area (Å²) in [4.78, 5) is 4.74. The number of rotatable bonds is 4. The van der Waals surface area contributed by atoms with E-state index in [9.17, 15) is 0 Å². The second kappa shape index (κ2) is 6.44. The first-order valence-electron chi connectivity index (χ1n) is 6.64. The molecule has 5 heteroatoms. The average molecular weight is 382 g/mol. The van der Waals surface area contributed by atoms with Gasteiger partial charge >= 0.3 is 0 Å². The van der Waals surface area contributed by atoms with Gasteiger partial charge in [-0.1, -0.05) is 29.8 Å². The van der Waals surface area contributed by atoms with E-state index in [0.29, 0.717) is 0 Å². The van der Waals surface area contributed by atoms with Crippen molar-refractivity contribution in [2.24, 2.45) is 0 Å². The number of likely N-dealkylation sites (N-methyl/N-ethyl adjacent to an activating group) is 1. The van der Waals surface area contributed by atoms with Gasteiger partial charge in [-0.2, -0.15) is 0 Å². The van der Waals surface area contributed by atoms with Gasteiger partial charge in [-0.15, -0.1) is 11.3 Å². The summed E-state index contributed by atoms with van der Waals surface area (Å²) in [6, 6.07) is 14.5. The Kier molecular flexibility index (Phi) is 4.60. The number of halogens is 2. The highest BCUT2D eigenvalue weighted by Crippen LogP contribution is 2.30. The molecule has 0 saturated carbocycles. The zero-order valence-corrected chi connectivity index (χ0v) is 14.6. The summed E-state index contributed by atoms with van der Waals surface area (Å²) in [6.45, 7) is 0. The Morgan fingerprint density at radius 3 is 2.81 bits per heavy atom. The van der Waals surface area contributed by atoms with Crippen LogP contribution in [0.5, 0.6) is 0 Å². The molecule has 21 heavy (non-hydrogen) atoms. The van der Waals surface area contributed by atoms with Crippen LogP contribution in [0.2, 0.25) is 5.02 Å². The van der Waals surface area contributed by atoms with Crippen LogP contribution in [0.25, 0.3) is 10.2 Å². The molecule has 0 radical (unpaired) electrons. The minimum atomic E-state index is 0.204. The smallest absolute Gasteiger partial charge is 0.111 e. The lowest BCUT2D eigenvalue weighted by Crippen LogP contribution is -2.18. The quantitative estimate of drug-likeness (QED) is 0.670. The van der Waals surface area contributed by atoms with Gasteiger partial charge in [-0.3, -0.25) is 0 Å². The molecule has 0 saturated heterocycles. The molecule has 0 aliphatic carbocycles. The second-order valence-electron chi connectivity index (χ2n) is 4.81. The van der Waals surface area contributed by atoms with E-state index in [0.717, 1.165) is 26.4 Å².